The number of para-hydroxylation sites is 2. The van der Waals surface area contributed by atoms with E-state index in [0.29, 0.717) is 29.8 Å². The summed E-state index contributed by atoms with van der Waals surface area (Å²) in [5.41, 5.74) is 2.69. The van der Waals surface area contributed by atoms with Crippen LogP contribution in [0.4, 0.5) is 0 Å². The van der Waals surface area contributed by atoms with Crippen molar-refractivity contribution in [3.05, 3.63) is 70.2 Å². The quantitative estimate of drug-likeness (QED) is 0.545. The van der Waals surface area contributed by atoms with Gasteiger partial charge in [-0.2, -0.15) is 0 Å². The Kier molecular flexibility index (Phi) is 6.84. The van der Waals surface area contributed by atoms with Crippen molar-refractivity contribution in [3.63, 3.8) is 0 Å². The summed E-state index contributed by atoms with van der Waals surface area (Å²) >= 11 is 0. The number of benzene rings is 2. The van der Waals surface area contributed by atoms with Gasteiger partial charge in [0.25, 0.3) is 5.91 Å². The standard InChI is InChI=1S/C22H25N3O4/c1-2-3-13-23-21(27)17-10-8-16(9-11-17)15-24-20(26)12-14-25-18-6-4-5-7-19(18)29-22(25)28/h4-11H,2-3,12-15H2,1H3,(H,23,27)(H,24,26). The molecule has 7 heteroatoms. The molecule has 0 spiro atoms. The molecule has 0 fully saturated rings. The predicted molar refractivity (Wildman–Crippen MR) is 111 cm³/mol. The Balaban J connectivity index is 1.48. The van der Waals surface area contributed by atoms with Crippen LogP contribution < -0.4 is 16.4 Å². The Bertz CT molecular complexity index is 1030. The van der Waals surface area contributed by atoms with Crippen LogP contribution in [0, 0.1) is 0 Å². The Morgan fingerprint density at radius 1 is 1.03 bits per heavy atom. The lowest BCUT2D eigenvalue weighted by atomic mass is 10.1. The zero-order valence-corrected chi connectivity index (χ0v) is 16.4. The number of hydrogen-bond acceptors (Lipinski definition) is 4. The highest BCUT2D eigenvalue weighted by atomic mass is 16.4. The smallest absolute Gasteiger partial charge is 0.408 e. The van der Waals surface area contributed by atoms with Crippen molar-refractivity contribution in [2.75, 3.05) is 6.54 Å². The van der Waals surface area contributed by atoms with Crippen LogP contribution >= 0.6 is 0 Å². The SMILES string of the molecule is CCCCNC(=O)c1ccc(CNC(=O)CCn2c(=O)oc3ccccc32)cc1. The largest absolute Gasteiger partial charge is 0.419 e. The summed E-state index contributed by atoms with van der Waals surface area (Å²) in [5.74, 6) is -0.720. The molecule has 0 aliphatic rings. The lowest BCUT2D eigenvalue weighted by Gasteiger charge is -2.08. The van der Waals surface area contributed by atoms with Crippen LogP contribution in [-0.2, 0) is 17.9 Å². The first kappa shape index (κ1) is 20.4. The molecule has 0 radical (unpaired) electrons. The molecular weight excluding hydrogens is 370 g/mol. The molecule has 2 amide bonds. The van der Waals surface area contributed by atoms with E-state index in [4.69, 9.17) is 4.42 Å². The van der Waals surface area contributed by atoms with E-state index in [0.717, 1.165) is 18.4 Å². The van der Waals surface area contributed by atoms with Gasteiger partial charge in [0, 0.05) is 31.6 Å². The van der Waals surface area contributed by atoms with Gasteiger partial charge < -0.3 is 15.1 Å². The van der Waals surface area contributed by atoms with Crippen LogP contribution in [-0.4, -0.2) is 22.9 Å². The number of carbonyl (C=O) groups excluding carboxylic acids is 2. The molecule has 0 saturated carbocycles. The minimum atomic E-state index is -0.466. The molecule has 0 atom stereocenters. The Morgan fingerprint density at radius 3 is 2.55 bits per heavy atom. The molecule has 0 saturated heterocycles. The highest BCUT2D eigenvalue weighted by molar-refractivity contribution is 5.94. The lowest BCUT2D eigenvalue weighted by molar-refractivity contribution is -0.121. The van der Waals surface area contributed by atoms with E-state index < -0.39 is 5.76 Å². The fraction of sp³-hybridized carbons (Fsp3) is 0.318. The van der Waals surface area contributed by atoms with Gasteiger partial charge in [-0.25, -0.2) is 4.79 Å². The van der Waals surface area contributed by atoms with Crippen molar-refractivity contribution in [2.24, 2.45) is 0 Å². The van der Waals surface area contributed by atoms with Gasteiger partial charge in [0.1, 0.15) is 0 Å². The predicted octanol–water partition coefficient (Wildman–Crippen LogP) is 2.83. The zero-order chi connectivity index (χ0) is 20.6. The second-order valence-electron chi connectivity index (χ2n) is 6.82. The van der Waals surface area contributed by atoms with E-state index in [9.17, 15) is 14.4 Å². The van der Waals surface area contributed by atoms with E-state index in [1.807, 2.05) is 18.2 Å². The minimum Gasteiger partial charge on any atom is -0.408 e. The first-order chi connectivity index (χ1) is 14.1. The van der Waals surface area contributed by atoms with E-state index in [1.54, 1.807) is 30.3 Å². The third-order valence-electron chi connectivity index (χ3n) is 4.66. The van der Waals surface area contributed by atoms with Crippen LogP contribution in [0.5, 0.6) is 0 Å². The van der Waals surface area contributed by atoms with Crippen molar-refractivity contribution in [3.8, 4) is 0 Å². The highest BCUT2D eigenvalue weighted by Crippen LogP contribution is 2.12. The van der Waals surface area contributed by atoms with Gasteiger partial charge in [-0.15, -0.1) is 0 Å². The molecule has 0 unspecified atom stereocenters. The van der Waals surface area contributed by atoms with Crippen LogP contribution in [0.3, 0.4) is 0 Å². The van der Waals surface area contributed by atoms with E-state index >= 15 is 0 Å². The Morgan fingerprint density at radius 2 is 1.79 bits per heavy atom. The van der Waals surface area contributed by atoms with Gasteiger partial charge in [-0.3, -0.25) is 14.2 Å². The molecule has 0 bridgehead atoms. The number of unbranched alkanes of at least 4 members (excludes halogenated alkanes) is 1. The van der Waals surface area contributed by atoms with Crippen molar-refractivity contribution in [2.45, 2.75) is 39.3 Å². The average Bonchev–Trinajstić information content (AvgIpc) is 3.06. The molecule has 2 N–H and O–H groups in total. The number of nitrogens with one attached hydrogen (secondary N) is 2. The number of oxazole rings is 1. The summed E-state index contributed by atoms with van der Waals surface area (Å²) in [6, 6.07) is 14.3. The number of amides is 2. The number of aromatic nitrogens is 1. The third-order valence-corrected chi connectivity index (χ3v) is 4.66. The molecular formula is C22H25N3O4. The van der Waals surface area contributed by atoms with Crippen LogP contribution in [0.2, 0.25) is 0 Å². The Hall–Kier alpha value is -3.35. The monoisotopic (exact) mass is 395 g/mol. The average molecular weight is 395 g/mol. The summed E-state index contributed by atoms with van der Waals surface area (Å²) in [5, 5.41) is 5.71. The lowest BCUT2D eigenvalue weighted by Crippen LogP contribution is -2.26. The molecule has 1 aromatic heterocycles. The molecule has 0 aliphatic heterocycles. The summed E-state index contributed by atoms with van der Waals surface area (Å²) in [7, 11) is 0. The van der Waals surface area contributed by atoms with Crippen molar-refractivity contribution in [1.29, 1.82) is 0 Å². The number of rotatable bonds is 9. The molecule has 7 nitrogen and oxygen atoms in total. The summed E-state index contributed by atoms with van der Waals surface area (Å²) in [6.07, 6.45) is 2.16. The normalized spacial score (nSPS) is 10.8. The summed E-state index contributed by atoms with van der Waals surface area (Å²) in [4.78, 5) is 36.1. The highest BCUT2D eigenvalue weighted by Gasteiger charge is 2.10. The van der Waals surface area contributed by atoms with Gasteiger partial charge in [0.2, 0.25) is 5.91 Å². The molecule has 3 aromatic rings. The fourth-order valence-electron chi connectivity index (χ4n) is 2.98. The molecule has 3 rings (SSSR count). The minimum absolute atomic E-state index is 0.0909. The molecule has 152 valence electrons. The summed E-state index contributed by atoms with van der Waals surface area (Å²) in [6.45, 7) is 3.35. The summed E-state index contributed by atoms with van der Waals surface area (Å²) < 4.78 is 6.62. The van der Waals surface area contributed by atoms with Crippen molar-refractivity contribution >= 4 is 22.9 Å². The van der Waals surface area contributed by atoms with Gasteiger partial charge in [0.15, 0.2) is 5.58 Å². The van der Waals surface area contributed by atoms with Crippen molar-refractivity contribution < 1.29 is 14.0 Å². The number of fused-ring (bicyclic) bond motifs is 1. The topological polar surface area (TPSA) is 93.3 Å². The number of nitrogens with zero attached hydrogens (tertiary/aromatic N) is 1. The maximum Gasteiger partial charge on any atom is 0.419 e. The number of carbonyl (C=O) groups is 2. The van der Waals surface area contributed by atoms with Crippen molar-refractivity contribution in [1.82, 2.24) is 15.2 Å². The maximum absolute atomic E-state index is 12.2. The number of hydrogen-bond donors (Lipinski definition) is 2. The third kappa shape index (κ3) is 5.34. The molecule has 0 aliphatic carbocycles. The number of aryl methyl sites for hydroxylation is 1. The van der Waals surface area contributed by atoms with E-state index in [2.05, 4.69) is 17.6 Å². The molecule has 1 heterocycles. The van der Waals surface area contributed by atoms with E-state index in [1.165, 1.54) is 4.57 Å². The first-order valence-electron chi connectivity index (χ1n) is 9.80. The molecule has 2 aromatic carbocycles. The van der Waals surface area contributed by atoms with Crippen LogP contribution in [0.15, 0.2) is 57.7 Å². The second kappa shape index (κ2) is 9.73. The van der Waals surface area contributed by atoms with Gasteiger partial charge in [-0.05, 0) is 36.2 Å². The molecule has 29 heavy (non-hydrogen) atoms. The zero-order valence-electron chi connectivity index (χ0n) is 16.4. The van der Waals surface area contributed by atoms with Gasteiger partial charge in [0.05, 0.1) is 5.52 Å². The first-order valence-corrected chi connectivity index (χ1v) is 9.80. The Labute approximate surface area is 168 Å². The van der Waals surface area contributed by atoms with E-state index in [-0.39, 0.29) is 24.8 Å². The van der Waals surface area contributed by atoms with Gasteiger partial charge in [-0.1, -0.05) is 37.6 Å². The van der Waals surface area contributed by atoms with Crippen LogP contribution in [0.25, 0.3) is 11.1 Å². The maximum atomic E-state index is 12.2. The fourth-order valence-corrected chi connectivity index (χ4v) is 2.98. The second-order valence-corrected chi connectivity index (χ2v) is 6.82. The van der Waals surface area contributed by atoms with Gasteiger partial charge >= 0.3 is 5.76 Å². The van der Waals surface area contributed by atoms with Crippen LogP contribution in [0.1, 0.15) is 42.1 Å².